The number of aromatic nitrogens is 1. The molecular weight excluding hydrogens is 442 g/mol. The number of carbonyl (C=O) groups is 2. The van der Waals surface area contributed by atoms with Gasteiger partial charge in [-0.1, -0.05) is 66.7 Å². The SMILES string of the molecule is COC(=O)[C@]12[C@@H](O)C(C(=O)Cc3ccccn3)=NN1[C@@H](c1ccccc1)CC[C@H]2c1ccccc1. The van der Waals surface area contributed by atoms with Crippen LogP contribution in [0.5, 0.6) is 0 Å². The molecule has 3 heterocycles. The van der Waals surface area contributed by atoms with Gasteiger partial charge in [0.05, 0.1) is 19.6 Å². The number of nitrogens with zero attached hydrogens (tertiary/aromatic N) is 3. The van der Waals surface area contributed by atoms with Crippen molar-refractivity contribution in [1.29, 1.82) is 0 Å². The Morgan fingerprint density at radius 2 is 1.63 bits per heavy atom. The van der Waals surface area contributed by atoms with Gasteiger partial charge in [-0.05, 0) is 36.1 Å². The Bertz CT molecular complexity index is 1230. The van der Waals surface area contributed by atoms with Crippen LogP contribution in [0.25, 0.3) is 0 Å². The number of hydrogen-bond donors (Lipinski definition) is 1. The summed E-state index contributed by atoms with van der Waals surface area (Å²) in [5.41, 5.74) is 0.821. The normalized spacial score (nSPS) is 25.5. The van der Waals surface area contributed by atoms with Gasteiger partial charge in [-0.15, -0.1) is 0 Å². The van der Waals surface area contributed by atoms with E-state index in [9.17, 15) is 14.7 Å². The van der Waals surface area contributed by atoms with Gasteiger partial charge >= 0.3 is 5.97 Å². The molecule has 5 rings (SSSR count). The molecule has 0 spiro atoms. The van der Waals surface area contributed by atoms with E-state index in [4.69, 9.17) is 4.74 Å². The van der Waals surface area contributed by atoms with Crippen molar-refractivity contribution in [1.82, 2.24) is 9.99 Å². The van der Waals surface area contributed by atoms with Crippen molar-refractivity contribution in [2.24, 2.45) is 5.10 Å². The van der Waals surface area contributed by atoms with E-state index >= 15 is 0 Å². The second-order valence-electron chi connectivity index (χ2n) is 8.94. The summed E-state index contributed by atoms with van der Waals surface area (Å²) >= 11 is 0. The molecule has 7 heteroatoms. The number of hydrogen-bond acceptors (Lipinski definition) is 7. The van der Waals surface area contributed by atoms with Crippen LogP contribution in [0.4, 0.5) is 0 Å². The van der Waals surface area contributed by atoms with E-state index in [0.29, 0.717) is 18.5 Å². The Kier molecular flexibility index (Phi) is 6.17. The second-order valence-corrected chi connectivity index (χ2v) is 8.94. The molecule has 4 atom stereocenters. The maximum Gasteiger partial charge on any atom is 0.337 e. The lowest BCUT2D eigenvalue weighted by molar-refractivity contribution is -0.169. The fraction of sp³-hybridized carbons (Fsp3) is 0.286. The minimum atomic E-state index is -1.57. The molecule has 0 saturated carbocycles. The predicted molar refractivity (Wildman–Crippen MR) is 131 cm³/mol. The molecule has 1 N–H and O–H groups in total. The highest BCUT2D eigenvalue weighted by Crippen LogP contribution is 2.53. The Balaban J connectivity index is 1.64. The molecule has 1 saturated heterocycles. The van der Waals surface area contributed by atoms with Crippen LogP contribution in [0.3, 0.4) is 0 Å². The number of aliphatic hydroxyl groups is 1. The minimum Gasteiger partial charge on any atom is -0.467 e. The number of carbonyl (C=O) groups excluding carboxylic acids is 2. The Labute approximate surface area is 204 Å². The van der Waals surface area contributed by atoms with Crippen LogP contribution in [-0.2, 0) is 20.7 Å². The lowest BCUT2D eigenvalue weighted by Gasteiger charge is -2.50. The number of fused-ring (bicyclic) bond motifs is 1. The van der Waals surface area contributed by atoms with Gasteiger partial charge in [0.25, 0.3) is 0 Å². The zero-order valence-electron chi connectivity index (χ0n) is 19.4. The fourth-order valence-electron chi connectivity index (χ4n) is 5.50. The van der Waals surface area contributed by atoms with E-state index in [0.717, 1.165) is 11.1 Å². The van der Waals surface area contributed by atoms with Gasteiger partial charge in [0.2, 0.25) is 0 Å². The molecule has 1 aromatic heterocycles. The highest BCUT2D eigenvalue weighted by molar-refractivity contribution is 6.43. The van der Waals surface area contributed by atoms with Gasteiger partial charge in [-0.2, -0.15) is 5.10 Å². The topological polar surface area (TPSA) is 92.1 Å². The second kappa shape index (κ2) is 9.43. The smallest absolute Gasteiger partial charge is 0.337 e. The van der Waals surface area contributed by atoms with E-state index in [1.54, 1.807) is 29.4 Å². The van der Waals surface area contributed by atoms with Gasteiger partial charge in [0.1, 0.15) is 11.8 Å². The largest absolute Gasteiger partial charge is 0.467 e. The van der Waals surface area contributed by atoms with Crippen molar-refractivity contribution in [2.45, 2.75) is 42.9 Å². The first-order valence-electron chi connectivity index (χ1n) is 11.7. The summed E-state index contributed by atoms with van der Waals surface area (Å²) in [5.74, 6) is -1.40. The van der Waals surface area contributed by atoms with Crippen molar-refractivity contribution in [3.8, 4) is 0 Å². The highest BCUT2D eigenvalue weighted by atomic mass is 16.5. The molecule has 0 aliphatic carbocycles. The third kappa shape index (κ3) is 3.82. The summed E-state index contributed by atoms with van der Waals surface area (Å²) in [5, 5.41) is 18.1. The van der Waals surface area contributed by atoms with Crippen LogP contribution in [0.15, 0.2) is 90.2 Å². The standard InChI is InChI=1S/C28H27N3O4/c1-35-27(34)28-22(19-10-4-2-5-11-19)15-16-23(20-12-6-3-7-13-20)31(28)30-25(26(28)33)24(32)18-21-14-8-9-17-29-21/h2-14,17,22-23,26,33H,15-16,18H2,1H3/t22-,23+,26-,28-/m0/s1. The molecule has 3 aromatic rings. The number of Topliss-reactive ketones (excluding diaryl/α,β-unsaturated/α-hetero) is 1. The number of methoxy groups -OCH3 is 1. The van der Waals surface area contributed by atoms with Crippen molar-refractivity contribution in [2.75, 3.05) is 7.11 Å². The Hall–Kier alpha value is -3.84. The minimum absolute atomic E-state index is 0.0200. The number of esters is 1. The van der Waals surface area contributed by atoms with Crippen LogP contribution < -0.4 is 0 Å². The molecule has 2 aliphatic rings. The average molecular weight is 470 g/mol. The number of aliphatic hydroxyl groups excluding tert-OH is 1. The average Bonchev–Trinajstić information content (AvgIpc) is 3.23. The molecule has 1 fully saturated rings. The van der Waals surface area contributed by atoms with Crippen LogP contribution in [-0.4, -0.2) is 51.3 Å². The third-order valence-electron chi connectivity index (χ3n) is 7.08. The maximum absolute atomic E-state index is 13.6. The number of rotatable bonds is 6. The van der Waals surface area contributed by atoms with Crippen molar-refractivity contribution < 1.29 is 19.4 Å². The number of ether oxygens (including phenoxy) is 1. The summed E-state index contributed by atoms with van der Waals surface area (Å²) in [6, 6.07) is 24.4. The summed E-state index contributed by atoms with van der Waals surface area (Å²) in [4.78, 5) is 31.3. The van der Waals surface area contributed by atoms with Crippen LogP contribution in [0.2, 0.25) is 0 Å². The van der Waals surface area contributed by atoms with Gasteiger partial charge in [0.15, 0.2) is 11.3 Å². The Morgan fingerprint density at radius 3 is 2.26 bits per heavy atom. The molecule has 0 amide bonds. The van der Waals surface area contributed by atoms with Crippen LogP contribution in [0.1, 0.15) is 41.6 Å². The summed E-state index contributed by atoms with van der Waals surface area (Å²) < 4.78 is 5.31. The highest BCUT2D eigenvalue weighted by Gasteiger charge is 2.66. The van der Waals surface area contributed by atoms with E-state index in [-0.39, 0.29) is 24.0 Å². The Morgan fingerprint density at radius 1 is 0.971 bits per heavy atom. The van der Waals surface area contributed by atoms with Gasteiger partial charge < -0.3 is 9.84 Å². The van der Waals surface area contributed by atoms with E-state index < -0.39 is 23.5 Å². The zero-order chi connectivity index (χ0) is 24.4. The first-order chi connectivity index (χ1) is 17.1. The zero-order valence-corrected chi connectivity index (χ0v) is 19.4. The number of piperidine rings is 1. The monoisotopic (exact) mass is 469 g/mol. The van der Waals surface area contributed by atoms with E-state index in [1.165, 1.54) is 7.11 Å². The van der Waals surface area contributed by atoms with Gasteiger partial charge in [-0.3, -0.25) is 14.8 Å². The first-order valence-corrected chi connectivity index (χ1v) is 11.7. The maximum atomic E-state index is 13.6. The van der Waals surface area contributed by atoms with Gasteiger partial charge in [-0.25, -0.2) is 4.79 Å². The molecule has 7 nitrogen and oxygen atoms in total. The van der Waals surface area contributed by atoms with Crippen LogP contribution in [0, 0.1) is 0 Å². The van der Waals surface area contributed by atoms with E-state index in [1.807, 2.05) is 60.7 Å². The lowest BCUT2D eigenvalue weighted by atomic mass is 9.67. The van der Waals surface area contributed by atoms with Crippen LogP contribution >= 0.6 is 0 Å². The third-order valence-corrected chi connectivity index (χ3v) is 7.08. The van der Waals surface area contributed by atoms with Crippen molar-refractivity contribution in [3.05, 3.63) is 102 Å². The molecular formula is C28H27N3O4. The molecule has 0 radical (unpaired) electrons. The number of pyridine rings is 1. The molecule has 35 heavy (non-hydrogen) atoms. The molecule has 0 bridgehead atoms. The van der Waals surface area contributed by atoms with Crippen molar-refractivity contribution >= 4 is 17.5 Å². The lowest BCUT2D eigenvalue weighted by Crippen LogP contribution is -2.65. The fourth-order valence-corrected chi connectivity index (χ4v) is 5.50. The molecule has 2 aliphatic heterocycles. The summed E-state index contributed by atoms with van der Waals surface area (Å²) in [6.45, 7) is 0. The number of ketones is 1. The van der Waals surface area contributed by atoms with Gasteiger partial charge in [0, 0.05) is 17.8 Å². The first kappa shape index (κ1) is 22.9. The summed E-state index contributed by atoms with van der Waals surface area (Å²) in [6.07, 6.45) is 1.45. The van der Waals surface area contributed by atoms with E-state index in [2.05, 4.69) is 10.1 Å². The summed E-state index contributed by atoms with van der Waals surface area (Å²) in [7, 11) is 1.31. The van der Waals surface area contributed by atoms with Crippen molar-refractivity contribution in [3.63, 3.8) is 0 Å². The number of hydrazone groups is 1. The molecule has 2 aromatic carbocycles. The molecule has 0 unspecified atom stereocenters. The predicted octanol–water partition coefficient (Wildman–Crippen LogP) is 3.46. The molecule has 178 valence electrons. The number of benzene rings is 2. The quantitative estimate of drug-likeness (QED) is 0.556.